The lowest BCUT2D eigenvalue weighted by atomic mass is 9.98. The number of nitro benzene ring substituents is 1. The number of unbranched alkanes of at least 4 members (excludes halogenated alkanes) is 2. The van der Waals surface area contributed by atoms with Crippen molar-refractivity contribution >= 4 is 22.8 Å². The zero-order valence-corrected chi connectivity index (χ0v) is 19.4. The molecule has 5 rings (SSSR count). The third-order valence-corrected chi connectivity index (χ3v) is 6.96. The van der Waals surface area contributed by atoms with Crippen molar-refractivity contribution in [3.63, 3.8) is 0 Å². The number of benzene rings is 3. The summed E-state index contributed by atoms with van der Waals surface area (Å²) in [5.74, 6) is 0. The second-order valence-corrected chi connectivity index (χ2v) is 9.22. The molecule has 2 aliphatic heterocycles. The van der Waals surface area contributed by atoms with Gasteiger partial charge in [-0.1, -0.05) is 56.2 Å². The standard InChI is InChI=1S/C28H29N3O2/c1-4-5-6-7-20-8-10-21(11-9-20)26-28-27(22-12-14-23(15-13-22)31(32)33)30(28)25-17-19(3)18(2)16-24(25)29-26/h8-17,27-28H,4-7H2,1-3H3. The molecule has 0 amide bonds. The van der Waals surface area contributed by atoms with E-state index in [-0.39, 0.29) is 22.7 Å². The van der Waals surface area contributed by atoms with Gasteiger partial charge in [0.1, 0.15) is 0 Å². The molecule has 0 saturated carbocycles. The Morgan fingerprint density at radius 3 is 2.30 bits per heavy atom. The van der Waals surface area contributed by atoms with E-state index in [4.69, 9.17) is 4.99 Å². The van der Waals surface area contributed by atoms with Gasteiger partial charge in [0.05, 0.1) is 34.1 Å². The molecule has 2 unspecified atom stereocenters. The molecule has 2 heterocycles. The van der Waals surface area contributed by atoms with E-state index in [9.17, 15) is 10.1 Å². The number of anilines is 1. The fourth-order valence-corrected chi connectivity index (χ4v) is 4.88. The molecule has 0 bridgehead atoms. The van der Waals surface area contributed by atoms with Gasteiger partial charge >= 0.3 is 0 Å². The Morgan fingerprint density at radius 1 is 0.939 bits per heavy atom. The van der Waals surface area contributed by atoms with E-state index in [1.54, 1.807) is 12.1 Å². The summed E-state index contributed by atoms with van der Waals surface area (Å²) < 4.78 is 0. The number of aliphatic imine (C=N–C) groups is 1. The van der Waals surface area contributed by atoms with E-state index in [1.165, 1.54) is 36.0 Å². The van der Waals surface area contributed by atoms with Gasteiger partial charge in [0.2, 0.25) is 0 Å². The molecule has 2 atom stereocenters. The Balaban J connectivity index is 1.51. The SMILES string of the molecule is CCCCCc1ccc(C2=Nc3cc(C)c(C)cc3N3C2C3c2ccc([N+](=O)[O-])cc2)cc1. The number of aryl methyl sites for hydroxylation is 3. The molecule has 1 saturated heterocycles. The van der Waals surface area contributed by atoms with Crippen LogP contribution in [-0.4, -0.2) is 16.7 Å². The third kappa shape index (κ3) is 3.92. The van der Waals surface area contributed by atoms with Gasteiger partial charge in [0, 0.05) is 12.1 Å². The number of fused-ring (bicyclic) bond motifs is 3. The van der Waals surface area contributed by atoms with E-state index in [0.29, 0.717) is 0 Å². The van der Waals surface area contributed by atoms with E-state index in [0.717, 1.165) is 34.6 Å². The lowest BCUT2D eigenvalue weighted by molar-refractivity contribution is -0.384. The molecule has 0 aromatic heterocycles. The zero-order valence-electron chi connectivity index (χ0n) is 19.4. The fraction of sp³-hybridized carbons (Fsp3) is 0.321. The van der Waals surface area contributed by atoms with Crippen LogP contribution in [0.2, 0.25) is 0 Å². The molecule has 1 fully saturated rings. The Morgan fingerprint density at radius 2 is 1.64 bits per heavy atom. The maximum Gasteiger partial charge on any atom is 0.269 e. The van der Waals surface area contributed by atoms with Crippen molar-refractivity contribution in [1.29, 1.82) is 0 Å². The summed E-state index contributed by atoms with van der Waals surface area (Å²) in [6, 6.07) is 20.5. The summed E-state index contributed by atoms with van der Waals surface area (Å²) in [7, 11) is 0. The quantitative estimate of drug-likeness (QED) is 0.172. The van der Waals surface area contributed by atoms with Crippen molar-refractivity contribution in [2.24, 2.45) is 4.99 Å². The molecular weight excluding hydrogens is 410 g/mol. The van der Waals surface area contributed by atoms with Gasteiger partial charge in [0.25, 0.3) is 5.69 Å². The second kappa shape index (κ2) is 8.47. The predicted molar refractivity (Wildman–Crippen MR) is 134 cm³/mol. The first kappa shape index (κ1) is 21.4. The van der Waals surface area contributed by atoms with Crippen LogP contribution in [0.5, 0.6) is 0 Å². The van der Waals surface area contributed by atoms with Crippen molar-refractivity contribution < 1.29 is 4.92 Å². The van der Waals surface area contributed by atoms with Crippen LogP contribution in [0.25, 0.3) is 0 Å². The monoisotopic (exact) mass is 439 g/mol. The Labute approximate surface area is 194 Å². The first-order valence-electron chi connectivity index (χ1n) is 11.8. The molecule has 0 spiro atoms. The highest BCUT2D eigenvalue weighted by molar-refractivity contribution is 6.14. The summed E-state index contributed by atoms with van der Waals surface area (Å²) >= 11 is 0. The van der Waals surface area contributed by atoms with E-state index < -0.39 is 0 Å². The summed E-state index contributed by atoms with van der Waals surface area (Å²) in [5.41, 5.74) is 9.43. The van der Waals surface area contributed by atoms with Gasteiger partial charge in [0.15, 0.2) is 0 Å². The number of nitro groups is 1. The maximum absolute atomic E-state index is 11.1. The summed E-state index contributed by atoms with van der Waals surface area (Å²) in [6.07, 6.45) is 4.83. The molecule has 0 N–H and O–H groups in total. The Kier molecular flexibility index (Phi) is 5.49. The van der Waals surface area contributed by atoms with Crippen molar-refractivity contribution in [2.75, 3.05) is 4.90 Å². The number of hydrogen-bond donors (Lipinski definition) is 0. The van der Waals surface area contributed by atoms with Gasteiger partial charge in [-0.05, 0) is 66.6 Å². The highest BCUT2D eigenvalue weighted by Crippen LogP contribution is 2.55. The Hall–Kier alpha value is -3.47. The molecule has 33 heavy (non-hydrogen) atoms. The minimum absolute atomic E-state index is 0.122. The molecule has 168 valence electrons. The van der Waals surface area contributed by atoms with Crippen molar-refractivity contribution in [2.45, 2.75) is 58.5 Å². The maximum atomic E-state index is 11.1. The van der Waals surface area contributed by atoms with Crippen LogP contribution in [0.3, 0.4) is 0 Å². The van der Waals surface area contributed by atoms with Gasteiger partial charge in [-0.3, -0.25) is 10.1 Å². The molecule has 5 nitrogen and oxygen atoms in total. The minimum Gasteiger partial charge on any atom is -0.349 e. The van der Waals surface area contributed by atoms with Crippen LogP contribution in [0, 0.1) is 24.0 Å². The number of non-ortho nitro benzene ring substituents is 1. The predicted octanol–water partition coefficient (Wildman–Crippen LogP) is 7.01. The van der Waals surface area contributed by atoms with Crippen LogP contribution in [-0.2, 0) is 6.42 Å². The normalized spacial score (nSPS) is 18.4. The average Bonchev–Trinajstić information content (AvgIpc) is 3.56. The van der Waals surface area contributed by atoms with Crippen LogP contribution >= 0.6 is 0 Å². The summed E-state index contributed by atoms with van der Waals surface area (Å²) in [6.45, 7) is 6.48. The van der Waals surface area contributed by atoms with Crippen LogP contribution < -0.4 is 4.90 Å². The van der Waals surface area contributed by atoms with E-state index >= 15 is 0 Å². The first-order chi connectivity index (χ1) is 16.0. The summed E-state index contributed by atoms with van der Waals surface area (Å²) in [5, 5.41) is 11.1. The average molecular weight is 440 g/mol. The van der Waals surface area contributed by atoms with Gasteiger partial charge in [-0.2, -0.15) is 0 Å². The molecule has 3 aromatic carbocycles. The van der Waals surface area contributed by atoms with Crippen molar-refractivity contribution in [3.8, 4) is 0 Å². The number of nitrogens with zero attached hydrogens (tertiary/aromatic N) is 3. The lowest BCUT2D eigenvalue weighted by Crippen LogP contribution is -2.17. The largest absolute Gasteiger partial charge is 0.349 e. The molecule has 0 aliphatic carbocycles. The van der Waals surface area contributed by atoms with Gasteiger partial charge in [-0.25, -0.2) is 4.99 Å². The highest BCUT2D eigenvalue weighted by atomic mass is 16.6. The van der Waals surface area contributed by atoms with Crippen molar-refractivity contribution in [1.82, 2.24) is 0 Å². The van der Waals surface area contributed by atoms with Crippen LogP contribution in [0.1, 0.15) is 60.0 Å². The van der Waals surface area contributed by atoms with Gasteiger partial charge < -0.3 is 4.90 Å². The Bertz CT molecular complexity index is 1230. The molecule has 0 radical (unpaired) electrons. The van der Waals surface area contributed by atoms with Crippen LogP contribution in [0.4, 0.5) is 17.1 Å². The van der Waals surface area contributed by atoms with Crippen LogP contribution in [0.15, 0.2) is 65.7 Å². The fourth-order valence-electron chi connectivity index (χ4n) is 4.88. The van der Waals surface area contributed by atoms with E-state index in [1.807, 2.05) is 12.1 Å². The van der Waals surface area contributed by atoms with Crippen molar-refractivity contribution in [3.05, 3.63) is 98.6 Å². The topological polar surface area (TPSA) is 58.5 Å². The molecule has 5 heteroatoms. The molecular formula is C28H29N3O2. The summed E-state index contributed by atoms with van der Waals surface area (Å²) in [4.78, 5) is 18.3. The van der Waals surface area contributed by atoms with E-state index in [2.05, 4.69) is 62.1 Å². The zero-order chi connectivity index (χ0) is 23.1. The number of hydrogen-bond acceptors (Lipinski definition) is 4. The second-order valence-electron chi connectivity index (χ2n) is 9.22. The minimum atomic E-state index is -0.347. The van der Waals surface area contributed by atoms with Gasteiger partial charge in [-0.15, -0.1) is 0 Å². The first-order valence-corrected chi connectivity index (χ1v) is 11.8. The third-order valence-electron chi connectivity index (χ3n) is 6.96. The lowest BCUT2D eigenvalue weighted by Gasteiger charge is -2.19. The molecule has 2 aliphatic rings. The molecule has 3 aromatic rings. The smallest absolute Gasteiger partial charge is 0.269 e. The number of rotatable bonds is 7. The highest BCUT2D eigenvalue weighted by Gasteiger charge is 2.54.